The number of hydrogen-bond donors (Lipinski definition) is 3. The summed E-state index contributed by atoms with van der Waals surface area (Å²) in [6.07, 6.45) is 5.46. The van der Waals surface area contributed by atoms with Crippen molar-refractivity contribution in [3.8, 4) is 0 Å². The standard InChI is InChI=1S/C21H23N3O2/c1-13(2)21(26,19-11-22-12-23-19)17-6-5-14-9-16(4-3-15(14)10-17)20(25)24-18-7-8-18/h3-6,9-13,18,26H,7-8H2,1-2H3,(H,22,23)(H,24,25)/t21-/m0/s1. The normalized spacial score (nSPS) is 16.6. The van der Waals surface area contributed by atoms with E-state index in [2.05, 4.69) is 15.3 Å². The summed E-state index contributed by atoms with van der Waals surface area (Å²) >= 11 is 0. The smallest absolute Gasteiger partial charge is 0.251 e. The highest BCUT2D eigenvalue weighted by molar-refractivity contribution is 5.99. The fourth-order valence-electron chi connectivity index (χ4n) is 3.37. The molecule has 5 nitrogen and oxygen atoms in total. The summed E-state index contributed by atoms with van der Waals surface area (Å²) < 4.78 is 0. The van der Waals surface area contributed by atoms with Crippen LogP contribution in [0.4, 0.5) is 0 Å². The first-order valence-corrected chi connectivity index (χ1v) is 9.05. The quantitative estimate of drug-likeness (QED) is 0.661. The van der Waals surface area contributed by atoms with E-state index in [0.29, 0.717) is 17.3 Å². The predicted octanol–water partition coefficient (Wildman–Crippen LogP) is 3.35. The van der Waals surface area contributed by atoms with Crippen LogP contribution >= 0.6 is 0 Å². The summed E-state index contributed by atoms with van der Waals surface area (Å²) in [4.78, 5) is 19.4. The topological polar surface area (TPSA) is 78.0 Å². The van der Waals surface area contributed by atoms with E-state index in [4.69, 9.17) is 0 Å². The van der Waals surface area contributed by atoms with E-state index in [9.17, 15) is 9.90 Å². The second-order valence-corrected chi connectivity index (χ2v) is 7.40. The zero-order chi connectivity index (χ0) is 18.3. The van der Waals surface area contributed by atoms with Gasteiger partial charge in [0.25, 0.3) is 5.91 Å². The molecule has 2 aromatic carbocycles. The molecule has 3 N–H and O–H groups in total. The maximum Gasteiger partial charge on any atom is 0.251 e. The molecule has 1 aliphatic rings. The summed E-state index contributed by atoms with van der Waals surface area (Å²) in [5, 5.41) is 16.4. The van der Waals surface area contributed by atoms with E-state index in [1.165, 1.54) is 0 Å². The predicted molar refractivity (Wildman–Crippen MR) is 101 cm³/mol. The molecule has 26 heavy (non-hydrogen) atoms. The zero-order valence-corrected chi connectivity index (χ0v) is 15.0. The molecule has 4 rings (SSSR count). The van der Waals surface area contributed by atoms with Gasteiger partial charge in [-0.25, -0.2) is 4.98 Å². The van der Waals surface area contributed by atoms with Crippen LogP contribution in [0, 0.1) is 5.92 Å². The molecule has 1 heterocycles. The first-order chi connectivity index (χ1) is 12.5. The van der Waals surface area contributed by atoms with Gasteiger partial charge in [-0.2, -0.15) is 0 Å². The second kappa shape index (κ2) is 6.25. The van der Waals surface area contributed by atoms with E-state index in [-0.39, 0.29) is 11.8 Å². The third kappa shape index (κ3) is 2.88. The Bertz CT molecular complexity index is 945. The van der Waals surface area contributed by atoms with Gasteiger partial charge in [0.1, 0.15) is 5.60 Å². The summed E-state index contributed by atoms with van der Waals surface area (Å²) in [5.74, 6) is -0.0690. The molecule has 134 valence electrons. The van der Waals surface area contributed by atoms with Crippen molar-refractivity contribution in [3.63, 3.8) is 0 Å². The number of amides is 1. The number of aromatic amines is 1. The van der Waals surface area contributed by atoms with Crippen molar-refractivity contribution in [2.45, 2.75) is 38.3 Å². The minimum Gasteiger partial charge on any atom is -0.378 e. The van der Waals surface area contributed by atoms with Crippen molar-refractivity contribution < 1.29 is 9.90 Å². The fraction of sp³-hybridized carbons (Fsp3) is 0.333. The van der Waals surface area contributed by atoms with E-state index < -0.39 is 5.60 Å². The van der Waals surface area contributed by atoms with Crippen molar-refractivity contribution in [1.29, 1.82) is 0 Å². The Morgan fingerprint density at radius 2 is 1.96 bits per heavy atom. The molecular weight excluding hydrogens is 326 g/mol. The number of hydrogen-bond acceptors (Lipinski definition) is 3. The van der Waals surface area contributed by atoms with Crippen molar-refractivity contribution >= 4 is 16.7 Å². The molecule has 0 aliphatic heterocycles. The number of benzene rings is 2. The number of rotatable bonds is 5. The van der Waals surface area contributed by atoms with Crippen molar-refractivity contribution in [1.82, 2.24) is 15.3 Å². The SMILES string of the molecule is CC(C)[C@](O)(c1ccc2cc(C(=O)NC3CC3)ccc2c1)c1c[nH]cn1. The van der Waals surface area contributed by atoms with Crippen LogP contribution in [-0.4, -0.2) is 27.0 Å². The van der Waals surface area contributed by atoms with Gasteiger partial charge in [0, 0.05) is 17.8 Å². The Kier molecular flexibility index (Phi) is 4.04. The number of imidazole rings is 1. The van der Waals surface area contributed by atoms with Gasteiger partial charge in [-0.1, -0.05) is 32.0 Å². The lowest BCUT2D eigenvalue weighted by atomic mass is 9.80. The second-order valence-electron chi connectivity index (χ2n) is 7.40. The van der Waals surface area contributed by atoms with Crippen LogP contribution < -0.4 is 5.32 Å². The first kappa shape index (κ1) is 16.8. The van der Waals surface area contributed by atoms with Crippen molar-refractivity contribution in [2.75, 3.05) is 0 Å². The number of carbonyl (C=O) groups is 1. The van der Waals surface area contributed by atoms with Gasteiger partial charge in [-0.05, 0) is 53.3 Å². The van der Waals surface area contributed by atoms with E-state index >= 15 is 0 Å². The summed E-state index contributed by atoms with van der Waals surface area (Å²) in [7, 11) is 0. The lowest BCUT2D eigenvalue weighted by Crippen LogP contribution is -2.33. The summed E-state index contributed by atoms with van der Waals surface area (Å²) in [6.45, 7) is 3.95. The van der Waals surface area contributed by atoms with E-state index in [1.807, 2.05) is 50.2 Å². The summed E-state index contributed by atoms with van der Waals surface area (Å²) in [5.41, 5.74) is 0.897. The zero-order valence-electron chi connectivity index (χ0n) is 15.0. The molecule has 1 aromatic heterocycles. The molecule has 0 unspecified atom stereocenters. The Morgan fingerprint density at radius 1 is 1.23 bits per heavy atom. The van der Waals surface area contributed by atoms with E-state index in [1.54, 1.807) is 12.5 Å². The molecule has 1 fully saturated rings. The number of nitrogens with one attached hydrogen (secondary N) is 2. The maximum atomic E-state index is 12.2. The van der Waals surface area contributed by atoms with Crippen molar-refractivity contribution in [2.24, 2.45) is 5.92 Å². The van der Waals surface area contributed by atoms with Crippen LogP contribution in [0.2, 0.25) is 0 Å². The van der Waals surface area contributed by atoms with Gasteiger partial charge in [-0.15, -0.1) is 0 Å². The fourth-order valence-corrected chi connectivity index (χ4v) is 3.37. The third-order valence-corrected chi connectivity index (χ3v) is 5.18. The molecule has 5 heteroatoms. The highest BCUT2D eigenvalue weighted by Gasteiger charge is 2.37. The van der Waals surface area contributed by atoms with Gasteiger partial charge in [0.2, 0.25) is 0 Å². The number of fused-ring (bicyclic) bond motifs is 1. The highest BCUT2D eigenvalue weighted by Crippen LogP contribution is 2.36. The molecule has 0 saturated heterocycles. The monoisotopic (exact) mass is 349 g/mol. The number of carbonyl (C=O) groups excluding carboxylic acids is 1. The van der Waals surface area contributed by atoms with Gasteiger partial charge < -0.3 is 15.4 Å². The Labute approximate surface area is 152 Å². The minimum atomic E-state index is -1.17. The average molecular weight is 349 g/mol. The molecule has 1 aliphatic carbocycles. The molecule has 0 bridgehead atoms. The number of H-pyrrole nitrogens is 1. The molecule has 1 atom stereocenters. The van der Waals surface area contributed by atoms with Gasteiger partial charge in [-0.3, -0.25) is 4.79 Å². The Hall–Kier alpha value is -2.66. The molecular formula is C21H23N3O2. The lowest BCUT2D eigenvalue weighted by Gasteiger charge is -2.31. The Balaban J connectivity index is 1.72. The first-order valence-electron chi connectivity index (χ1n) is 9.05. The molecule has 1 saturated carbocycles. The maximum absolute atomic E-state index is 12.2. The number of nitrogens with zero attached hydrogens (tertiary/aromatic N) is 1. The van der Waals surface area contributed by atoms with Gasteiger partial charge >= 0.3 is 0 Å². The number of aliphatic hydroxyl groups is 1. The Morgan fingerprint density at radius 3 is 2.62 bits per heavy atom. The lowest BCUT2D eigenvalue weighted by molar-refractivity contribution is 0.0280. The molecule has 0 radical (unpaired) electrons. The number of aromatic nitrogens is 2. The van der Waals surface area contributed by atoms with Crippen LogP contribution in [-0.2, 0) is 5.60 Å². The average Bonchev–Trinajstić information content (AvgIpc) is 3.28. The van der Waals surface area contributed by atoms with Crippen LogP contribution in [0.3, 0.4) is 0 Å². The van der Waals surface area contributed by atoms with Gasteiger partial charge in [0.15, 0.2) is 0 Å². The summed E-state index contributed by atoms with van der Waals surface area (Å²) in [6, 6.07) is 11.9. The van der Waals surface area contributed by atoms with Crippen LogP contribution in [0.1, 0.15) is 48.3 Å². The molecule has 3 aromatic rings. The highest BCUT2D eigenvalue weighted by atomic mass is 16.3. The minimum absolute atomic E-state index is 0.0197. The van der Waals surface area contributed by atoms with Crippen LogP contribution in [0.25, 0.3) is 10.8 Å². The van der Waals surface area contributed by atoms with Crippen LogP contribution in [0.15, 0.2) is 48.9 Å². The van der Waals surface area contributed by atoms with Crippen LogP contribution in [0.5, 0.6) is 0 Å². The third-order valence-electron chi connectivity index (χ3n) is 5.18. The van der Waals surface area contributed by atoms with Crippen molar-refractivity contribution in [3.05, 3.63) is 65.7 Å². The van der Waals surface area contributed by atoms with Gasteiger partial charge in [0.05, 0.1) is 12.0 Å². The van der Waals surface area contributed by atoms with E-state index in [0.717, 1.165) is 29.2 Å². The molecule has 0 spiro atoms. The largest absolute Gasteiger partial charge is 0.378 e. The molecule has 1 amide bonds.